The van der Waals surface area contributed by atoms with E-state index in [2.05, 4.69) is 10.6 Å². The lowest BCUT2D eigenvalue weighted by Crippen LogP contribution is -2.49. The van der Waals surface area contributed by atoms with E-state index in [-0.39, 0.29) is 24.9 Å². The first-order valence-corrected chi connectivity index (χ1v) is 6.26. The molecule has 2 atom stereocenters. The highest BCUT2D eigenvalue weighted by Gasteiger charge is 2.21. The Balaban J connectivity index is 2.16. The van der Waals surface area contributed by atoms with Crippen LogP contribution in [0.25, 0.3) is 0 Å². The van der Waals surface area contributed by atoms with E-state index >= 15 is 0 Å². The van der Waals surface area contributed by atoms with Crippen LogP contribution in [0.15, 0.2) is 0 Å². The normalized spacial score (nSPS) is 22.4. The first-order chi connectivity index (χ1) is 7.61. The van der Waals surface area contributed by atoms with Gasteiger partial charge in [0.2, 0.25) is 5.91 Å². The largest absolute Gasteiger partial charge is 0.479 e. The van der Waals surface area contributed by atoms with Crippen LogP contribution in [-0.4, -0.2) is 58.8 Å². The zero-order chi connectivity index (χ0) is 12.0. The van der Waals surface area contributed by atoms with Gasteiger partial charge in [0.1, 0.15) is 0 Å². The van der Waals surface area contributed by atoms with Gasteiger partial charge in [0.05, 0.1) is 6.04 Å². The van der Waals surface area contributed by atoms with Crippen LogP contribution in [0, 0.1) is 0 Å². The lowest BCUT2D eigenvalue weighted by molar-refractivity contribution is -0.147. The molecule has 0 radical (unpaired) electrons. The molecule has 0 bridgehead atoms. The van der Waals surface area contributed by atoms with Crippen LogP contribution in [0.2, 0.25) is 0 Å². The molecule has 0 aromatic rings. The summed E-state index contributed by atoms with van der Waals surface area (Å²) in [7, 11) is 0. The van der Waals surface area contributed by atoms with Gasteiger partial charge in [-0.3, -0.25) is 4.79 Å². The first kappa shape index (κ1) is 13.3. The van der Waals surface area contributed by atoms with E-state index in [4.69, 9.17) is 10.2 Å². The molecule has 4 N–H and O–H groups in total. The second-order valence-corrected chi connectivity index (χ2v) is 4.67. The summed E-state index contributed by atoms with van der Waals surface area (Å²) in [5, 5.41) is 23.1. The molecule has 16 heavy (non-hydrogen) atoms. The molecule has 1 aliphatic rings. The Bertz CT molecular complexity index is 256. The topological polar surface area (TPSA) is 98.7 Å². The minimum absolute atomic E-state index is 0.0287. The number of hydrogen-bond donors (Lipinski definition) is 4. The molecule has 1 unspecified atom stereocenters. The number of aliphatic hydroxyl groups is 1. The number of carboxylic acid groups (broad SMARTS) is 1. The third kappa shape index (κ3) is 4.38. The number of carbonyl (C=O) groups excluding carboxylic acids is 1. The Kier molecular flexibility index (Phi) is 5.58. The van der Waals surface area contributed by atoms with Crippen molar-refractivity contribution < 1.29 is 19.8 Å². The zero-order valence-corrected chi connectivity index (χ0v) is 9.63. The quantitative estimate of drug-likeness (QED) is 0.480. The summed E-state index contributed by atoms with van der Waals surface area (Å²) in [6.45, 7) is 0.982. The number of hydrogen-bond acceptors (Lipinski definition) is 5. The minimum Gasteiger partial charge on any atom is -0.479 e. The SMILES string of the molecule is O=C(NCC[C@H](O)C(=O)O)C1CSCCN1. The Labute approximate surface area is 97.8 Å². The summed E-state index contributed by atoms with van der Waals surface area (Å²) in [4.78, 5) is 21.8. The van der Waals surface area contributed by atoms with Gasteiger partial charge in [0.25, 0.3) is 0 Å². The van der Waals surface area contributed by atoms with Gasteiger partial charge >= 0.3 is 5.97 Å². The monoisotopic (exact) mass is 248 g/mol. The number of thioether (sulfide) groups is 1. The van der Waals surface area contributed by atoms with Crippen LogP contribution in [0.5, 0.6) is 0 Å². The van der Waals surface area contributed by atoms with Crippen LogP contribution in [-0.2, 0) is 9.59 Å². The Morgan fingerprint density at radius 2 is 2.31 bits per heavy atom. The van der Waals surface area contributed by atoms with E-state index in [9.17, 15) is 9.59 Å². The van der Waals surface area contributed by atoms with Gasteiger partial charge in [-0.25, -0.2) is 4.79 Å². The smallest absolute Gasteiger partial charge is 0.332 e. The zero-order valence-electron chi connectivity index (χ0n) is 8.81. The van der Waals surface area contributed by atoms with Crippen molar-refractivity contribution in [2.24, 2.45) is 0 Å². The van der Waals surface area contributed by atoms with Gasteiger partial charge in [-0.2, -0.15) is 11.8 Å². The molecule has 6 nitrogen and oxygen atoms in total. The number of carbonyl (C=O) groups is 2. The molecule has 1 amide bonds. The molecule has 1 rings (SSSR count). The number of amides is 1. The summed E-state index contributed by atoms with van der Waals surface area (Å²) in [5.41, 5.74) is 0. The van der Waals surface area contributed by atoms with Crippen LogP contribution >= 0.6 is 11.8 Å². The molecule has 0 aromatic heterocycles. The van der Waals surface area contributed by atoms with Gasteiger partial charge in [0, 0.05) is 31.0 Å². The van der Waals surface area contributed by atoms with Gasteiger partial charge in [-0.1, -0.05) is 0 Å². The molecule has 92 valence electrons. The summed E-state index contributed by atoms with van der Waals surface area (Å²) in [6, 6.07) is -0.208. The van der Waals surface area contributed by atoms with Crippen molar-refractivity contribution in [1.82, 2.24) is 10.6 Å². The standard InChI is InChI=1S/C9H16N2O4S/c12-7(9(14)15)1-2-11-8(13)6-5-16-4-3-10-6/h6-7,10,12H,1-5H2,(H,11,13)(H,14,15)/t6?,7-/m0/s1. The predicted octanol–water partition coefficient (Wildman–Crippen LogP) is -1.36. The first-order valence-electron chi connectivity index (χ1n) is 5.11. The second kappa shape index (κ2) is 6.72. The maximum Gasteiger partial charge on any atom is 0.332 e. The lowest BCUT2D eigenvalue weighted by Gasteiger charge is -2.22. The van der Waals surface area contributed by atoms with Crippen molar-refractivity contribution >= 4 is 23.6 Å². The van der Waals surface area contributed by atoms with Crippen molar-refractivity contribution in [3.63, 3.8) is 0 Å². The predicted molar refractivity (Wildman–Crippen MR) is 60.4 cm³/mol. The van der Waals surface area contributed by atoms with Gasteiger partial charge in [0.15, 0.2) is 6.10 Å². The number of carboxylic acids is 1. The fourth-order valence-electron chi connectivity index (χ4n) is 1.31. The average molecular weight is 248 g/mol. The number of aliphatic hydroxyl groups excluding tert-OH is 1. The van der Waals surface area contributed by atoms with E-state index in [0.29, 0.717) is 0 Å². The summed E-state index contributed by atoms with van der Waals surface area (Å²) in [5.74, 6) is 0.333. The summed E-state index contributed by atoms with van der Waals surface area (Å²) in [6.07, 6.45) is -1.38. The third-order valence-electron chi connectivity index (χ3n) is 2.24. The number of nitrogens with one attached hydrogen (secondary N) is 2. The second-order valence-electron chi connectivity index (χ2n) is 3.52. The molecular formula is C9H16N2O4S. The maximum atomic E-state index is 11.5. The molecule has 7 heteroatoms. The number of rotatable bonds is 5. The average Bonchev–Trinajstić information content (AvgIpc) is 2.29. The highest BCUT2D eigenvalue weighted by atomic mass is 32.2. The van der Waals surface area contributed by atoms with Crippen LogP contribution in [0.1, 0.15) is 6.42 Å². The van der Waals surface area contributed by atoms with Crippen LogP contribution in [0.3, 0.4) is 0 Å². The fraction of sp³-hybridized carbons (Fsp3) is 0.778. The third-order valence-corrected chi connectivity index (χ3v) is 3.30. The Hall–Kier alpha value is -0.790. The summed E-state index contributed by atoms with van der Waals surface area (Å²) >= 11 is 1.71. The molecule has 1 heterocycles. The minimum atomic E-state index is -1.41. The van der Waals surface area contributed by atoms with Crippen molar-refractivity contribution in [2.45, 2.75) is 18.6 Å². The van der Waals surface area contributed by atoms with Crippen LogP contribution < -0.4 is 10.6 Å². The molecule has 1 fully saturated rings. The van der Waals surface area contributed by atoms with Crippen molar-refractivity contribution in [1.29, 1.82) is 0 Å². The molecule has 1 saturated heterocycles. The van der Waals surface area contributed by atoms with E-state index in [1.165, 1.54) is 0 Å². The number of aliphatic carboxylic acids is 1. The van der Waals surface area contributed by atoms with Crippen molar-refractivity contribution in [2.75, 3.05) is 24.6 Å². The molecule has 0 saturated carbocycles. The molecule has 0 aliphatic carbocycles. The van der Waals surface area contributed by atoms with E-state index in [1.54, 1.807) is 11.8 Å². The highest BCUT2D eigenvalue weighted by Crippen LogP contribution is 2.07. The fourth-order valence-corrected chi connectivity index (χ4v) is 2.25. The van der Waals surface area contributed by atoms with Gasteiger partial charge < -0.3 is 20.8 Å². The molecular weight excluding hydrogens is 232 g/mol. The van der Waals surface area contributed by atoms with Gasteiger partial charge in [-0.15, -0.1) is 0 Å². The maximum absolute atomic E-state index is 11.5. The summed E-state index contributed by atoms with van der Waals surface area (Å²) < 4.78 is 0. The van der Waals surface area contributed by atoms with E-state index in [0.717, 1.165) is 18.1 Å². The van der Waals surface area contributed by atoms with Crippen molar-refractivity contribution in [3.05, 3.63) is 0 Å². The molecule has 1 aliphatic heterocycles. The van der Waals surface area contributed by atoms with E-state index < -0.39 is 12.1 Å². The molecule has 0 spiro atoms. The highest BCUT2D eigenvalue weighted by molar-refractivity contribution is 7.99. The van der Waals surface area contributed by atoms with Crippen molar-refractivity contribution in [3.8, 4) is 0 Å². The Morgan fingerprint density at radius 3 is 2.88 bits per heavy atom. The van der Waals surface area contributed by atoms with E-state index in [1.807, 2.05) is 0 Å². The lowest BCUT2D eigenvalue weighted by atomic mass is 10.2. The molecule has 0 aromatic carbocycles. The van der Waals surface area contributed by atoms with Gasteiger partial charge in [-0.05, 0) is 0 Å². The Morgan fingerprint density at radius 1 is 1.56 bits per heavy atom. The van der Waals surface area contributed by atoms with Crippen LogP contribution in [0.4, 0.5) is 0 Å².